The number of Topliss-reactive ketones (excluding diaryl/α,β-unsaturated/α-hetero) is 1. The van der Waals surface area contributed by atoms with Crippen LogP contribution in [0.15, 0.2) is 0 Å². The first-order chi connectivity index (χ1) is 7.19. The first kappa shape index (κ1) is 11.7. The lowest BCUT2D eigenvalue weighted by atomic mass is 9.80. The zero-order chi connectivity index (χ0) is 11.3. The number of nitriles is 1. The van der Waals surface area contributed by atoms with Crippen LogP contribution < -0.4 is 0 Å². The van der Waals surface area contributed by atoms with Crippen LogP contribution in [-0.2, 0) is 14.3 Å². The molecule has 0 spiro atoms. The van der Waals surface area contributed by atoms with Crippen molar-refractivity contribution >= 4 is 11.8 Å². The van der Waals surface area contributed by atoms with Gasteiger partial charge in [-0.05, 0) is 25.7 Å². The van der Waals surface area contributed by atoms with Crippen molar-refractivity contribution in [2.24, 2.45) is 11.8 Å². The van der Waals surface area contributed by atoms with Gasteiger partial charge in [-0.3, -0.25) is 9.59 Å². The molecule has 1 fully saturated rings. The van der Waals surface area contributed by atoms with Gasteiger partial charge in [0.15, 0.2) is 0 Å². The van der Waals surface area contributed by atoms with E-state index in [0.29, 0.717) is 12.8 Å². The Morgan fingerprint density at radius 3 is 3.00 bits per heavy atom. The smallest absolute Gasteiger partial charge is 0.323 e. The summed E-state index contributed by atoms with van der Waals surface area (Å²) >= 11 is 0. The van der Waals surface area contributed by atoms with Crippen LogP contribution in [0.5, 0.6) is 0 Å². The Labute approximate surface area is 89.2 Å². The third-order valence-electron chi connectivity index (χ3n) is 2.67. The number of hydrogen-bond donors (Lipinski definition) is 0. The summed E-state index contributed by atoms with van der Waals surface area (Å²) < 4.78 is 4.81. The fraction of sp³-hybridized carbons (Fsp3) is 0.727. The predicted octanol–water partition coefficient (Wildman–Crippen LogP) is 1.45. The van der Waals surface area contributed by atoms with Crippen molar-refractivity contribution in [2.45, 2.75) is 32.6 Å². The van der Waals surface area contributed by atoms with Crippen molar-refractivity contribution in [2.75, 3.05) is 6.61 Å². The first-order valence-corrected chi connectivity index (χ1v) is 5.27. The van der Waals surface area contributed by atoms with Crippen molar-refractivity contribution in [1.82, 2.24) is 0 Å². The largest absolute Gasteiger partial charge is 0.465 e. The van der Waals surface area contributed by atoms with E-state index < -0.39 is 11.9 Å². The molecule has 1 saturated carbocycles. The summed E-state index contributed by atoms with van der Waals surface area (Å²) in [6, 6.07) is 1.95. The molecule has 0 radical (unpaired) electrons. The lowest BCUT2D eigenvalue weighted by Crippen LogP contribution is -2.29. The molecule has 2 atom stereocenters. The van der Waals surface area contributed by atoms with E-state index in [1.807, 2.05) is 6.07 Å². The minimum Gasteiger partial charge on any atom is -0.465 e. The van der Waals surface area contributed by atoms with Gasteiger partial charge < -0.3 is 4.74 Å². The number of rotatable bonds is 3. The van der Waals surface area contributed by atoms with E-state index in [0.717, 1.165) is 12.8 Å². The van der Waals surface area contributed by atoms with Gasteiger partial charge in [0.1, 0.15) is 11.7 Å². The highest BCUT2D eigenvalue weighted by atomic mass is 16.5. The molecule has 0 aromatic heterocycles. The highest BCUT2D eigenvalue weighted by Crippen LogP contribution is 2.28. The average Bonchev–Trinajstić information content (AvgIpc) is 2.19. The van der Waals surface area contributed by atoms with Gasteiger partial charge in [0.2, 0.25) is 0 Å². The molecule has 15 heavy (non-hydrogen) atoms. The normalized spacial score (nSPS) is 22.9. The number of nitrogens with zero attached hydrogens (tertiary/aromatic N) is 1. The van der Waals surface area contributed by atoms with Crippen molar-refractivity contribution in [3.63, 3.8) is 0 Å². The van der Waals surface area contributed by atoms with Gasteiger partial charge in [-0.15, -0.1) is 0 Å². The fourth-order valence-electron chi connectivity index (χ4n) is 1.93. The van der Waals surface area contributed by atoms with E-state index in [1.54, 1.807) is 6.92 Å². The quantitative estimate of drug-likeness (QED) is 0.660. The minimum atomic E-state index is -0.769. The Morgan fingerprint density at radius 1 is 1.73 bits per heavy atom. The van der Waals surface area contributed by atoms with Crippen LogP contribution >= 0.6 is 0 Å². The summed E-state index contributed by atoms with van der Waals surface area (Å²) in [4.78, 5) is 22.6. The predicted molar refractivity (Wildman–Crippen MR) is 52.7 cm³/mol. The monoisotopic (exact) mass is 209 g/mol. The lowest BCUT2D eigenvalue weighted by Gasteiger charge is -2.23. The molecular formula is C11H15NO3. The standard InChI is InChI=1S/C11H15NO3/c1-2-15-11(14)10(7-12)8-4-3-5-9(13)6-8/h8,10H,2-6H2,1H3. The van der Waals surface area contributed by atoms with Gasteiger partial charge in [-0.1, -0.05) is 0 Å². The summed E-state index contributed by atoms with van der Waals surface area (Å²) in [7, 11) is 0. The van der Waals surface area contributed by atoms with Gasteiger partial charge >= 0.3 is 5.97 Å². The summed E-state index contributed by atoms with van der Waals surface area (Å²) in [5.74, 6) is -1.25. The molecule has 0 saturated heterocycles. The number of ether oxygens (including phenoxy) is 1. The summed E-state index contributed by atoms with van der Waals surface area (Å²) in [6.07, 6.45) is 2.47. The molecule has 4 heteroatoms. The molecule has 1 aliphatic carbocycles. The highest BCUT2D eigenvalue weighted by Gasteiger charge is 2.33. The maximum Gasteiger partial charge on any atom is 0.323 e. The van der Waals surface area contributed by atoms with E-state index in [2.05, 4.69) is 0 Å². The summed E-state index contributed by atoms with van der Waals surface area (Å²) in [6.45, 7) is 1.98. The number of carbonyl (C=O) groups is 2. The Hall–Kier alpha value is -1.37. The molecule has 0 bridgehead atoms. The molecule has 2 unspecified atom stereocenters. The van der Waals surface area contributed by atoms with Crippen LogP contribution in [0.25, 0.3) is 0 Å². The number of esters is 1. The van der Waals surface area contributed by atoms with Crippen LogP contribution in [0.2, 0.25) is 0 Å². The van der Waals surface area contributed by atoms with Crippen LogP contribution in [0.3, 0.4) is 0 Å². The van der Waals surface area contributed by atoms with E-state index in [1.165, 1.54) is 0 Å². The van der Waals surface area contributed by atoms with E-state index >= 15 is 0 Å². The van der Waals surface area contributed by atoms with Crippen molar-refractivity contribution in [1.29, 1.82) is 5.26 Å². The molecule has 0 aromatic rings. The molecule has 1 rings (SSSR count). The maximum atomic E-state index is 11.4. The minimum absolute atomic E-state index is 0.143. The summed E-state index contributed by atoms with van der Waals surface area (Å²) in [5, 5.41) is 8.90. The maximum absolute atomic E-state index is 11.4. The highest BCUT2D eigenvalue weighted by molar-refractivity contribution is 5.81. The third-order valence-corrected chi connectivity index (χ3v) is 2.67. The first-order valence-electron chi connectivity index (χ1n) is 5.27. The second-order valence-corrected chi connectivity index (χ2v) is 3.75. The second-order valence-electron chi connectivity index (χ2n) is 3.75. The Morgan fingerprint density at radius 2 is 2.47 bits per heavy atom. The average molecular weight is 209 g/mol. The van der Waals surface area contributed by atoms with Gasteiger partial charge in [0.25, 0.3) is 0 Å². The zero-order valence-electron chi connectivity index (χ0n) is 8.86. The second kappa shape index (κ2) is 5.50. The van der Waals surface area contributed by atoms with Crippen LogP contribution in [0, 0.1) is 23.2 Å². The number of carbonyl (C=O) groups excluding carboxylic acids is 2. The Kier molecular flexibility index (Phi) is 4.29. The third kappa shape index (κ3) is 3.05. The molecule has 4 nitrogen and oxygen atoms in total. The van der Waals surface area contributed by atoms with Crippen molar-refractivity contribution in [3.05, 3.63) is 0 Å². The van der Waals surface area contributed by atoms with Gasteiger partial charge in [0.05, 0.1) is 12.7 Å². The van der Waals surface area contributed by atoms with Crippen molar-refractivity contribution < 1.29 is 14.3 Å². The molecule has 0 N–H and O–H groups in total. The molecule has 0 heterocycles. The molecule has 82 valence electrons. The Bertz CT molecular complexity index is 293. The van der Waals surface area contributed by atoms with Crippen LogP contribution in [0.4, 0.5) is 0 Å². The van der Waals surface area contributed by atoms with Crippen LogP contribution in [0.1, 0.15) is 32.6 Å². The van der Waals surface area contributed by atoms with Gasteiger partial charge in [-0.25, -0.2) is 0 Å². The van der Waals surface area contributed by atoms with E-state index in [9.17, 15) is 9.59 Å². The van der Waals surface area contributed by atoms with Gasteiger partial charge in [0, 0.05) is 12.8 Å². The SMILES string of the molecule is CCOC(=O)C(C#N)C1CCCC(=O)C1. The number of ketones is 1. The molecular weight excluding hydrogens is 194 g/mol. The van der Waals surface area contributed by atoms with Gasteiger partial charge in [-0.2, -0.15) is 5.26 Å². The zero-order valence-corrected chi connectivity index (χ0v) is 8.86. The summed E-state index contributed by atoms with van der Waals surface area (Å²) in [5.41, 5.74) is 0. The molecule has 0 aliphatic heterocycles. The van der Waals surface area contributed by atoms with E-state index in [4.69, 9.17) is 10.00 Å². The number of hydrogen-bond acceptors (Lipinski definition) is 4. The fourth-order valence-corrected chi connectivity index (χ4v) is 1.93. The topological polar surface area (TPSA) is 67.2 Å². The molecule has 0 aromatic carbocycles. The molecule has 1 aliphatic rings. The lowest BCUT2D eigenvalue weighted by molar-refractivity contribution is -0.148. The van der Waals surface area contributed by atoms with Crippen LogP contribution in [-0.4, -0.2) is 18.4 Å². The molecule has 0 amide bonds. The Balaban J connectivity index is 2.62. The van der Waals surface area contributed by atoms with E-state index in [-0.39, 0.29) is 18.3 Å². The van der Waals surface area contributed by atoms with Crippen molar-refractivity contribution in [3.8, 4) is 6.07 Å².